The molecule has 2 aromatic heterocycles. The van der Waals surface area contributed by atoms with Crippen LogP contribution in [0.4, 0.5) is 5.13 Å². The molecule has 9 heteroatoms. The minimum absolute atomic E-state index is 0.117. The molecule has 128 valence electrons. The number of thiazole rings is 1. The minimum Gasteiger partial charge on any atom is -0.370 e. The highest BCUT2D eigenvalue weighted by Crippen LogP contribution is 2.21. The van der Waals surface area contributed by atoms with Crippen molar-refractivity contribution in [2.24, 2.45) is 16.5 Å². The van der Waals surface area contributed by atoms with Gasteiger partial charge in [-0.2, -0.15) is 4.99 Å². The fraction of sp³-hybridized carbons (Fsp3) is 0.333. The monoisotopic (exact) mass is 365 g/mol. The van der Waals surface area contributed by atoms with Crippen LogP contribution in [0.5, 0.6) is 0 Å². The molecule has 7 nitrogen and oxygen atoms in total. The Kier molecular flexibility index (Phi) is 6.44. The van der Waals surface area contributed by atoms with E-state index in [0.717, 1.165) is 23.4 Å². The lowest BCUT2D eigenvalue weighted by molar-refractivity contribution is -0.117. The van der Waals surface area contributed by atoms with Gasteiger partial charge >= 0.3 is 0 Å². The van der Waals surface area contributed by atoms with Crippen molar-refractivity contribution in [2.75, 3.05) is 5.32 Å². The smallest absolute Gasteiger partial charge is 0.249 e. The molecule has 0 aliphatic rings. The molecule has 0 unspecified atom stereocenters. The molecule has 0 bridgehead atoms. The van der Waals surface area contributed by atoms with Crippen LogP contribution in [0.15, 0.2) is 22.5 Å². The number of hydrogen-bond donors (Lipinski definition) is 3. The Morgan fingerprint density at radius 3 is 2.58 bits per heavy atom. The summed E-state index contributed by atoms with van der Waals surface area (Å²) in [5.74, 6) is -0.624. The molecule has 0 fully saturated rings. The number of thiophene rings is 1. The first-order chi connectivity index (χ1) is 11.4. The lowest BCUT2D eigenvalue weighted by Gasteiger charge is -1.96. The van der Waals surface area contributed by atoms with Gasteiger partial charge in [-0.25, -0.2) is 4.98 Å². The molecule has 5 N–H and O–H groups in total. The number of nitrogens with two attached hydrogens (primary N) is 2. The predicted molar refractivity (Wildman–Crippen MR) is 97.3 cm³/mol. The van der Waals surface area contributed by atoms with E-state index in [9.17, 15) is 9.59 Å². The first-order valence-corrected chi connectivity index (χ1v) is 9.04. The number of aliphatic imine (C=N–C) groups is 1. The predicted octanol–water partition coefficient (Wildman–Crippen LogP) is 1.68. The van der Waals surface area contributed by atoms with Crippen LogP contribution in [0.25, 0.3) is 0 Å². The van der Waals surface area contributed by atoms with E-state index in [1.165, 1.54) is 23.1 Å². The number of aryl methyl sites for hydroxylation is 3. The zero-order valence-electron chi connectivity index (χ0n) is 13.2. The third-order valence-corrected chi connectivity index (χ3v) is 5.03. The number of guanidine groups is 1. The van der Waals surface area contributed by atoms with Crippen molar-refractivity contribution >= 4 is 45.6 Å². The average molecular weight is 365 g/mol. The van der Waals surface area contributed by atoms with E-state index in [1.54, 1.807) is 11.3 Å². The second-order valence-electron chi connectivity index (χ2n) is 5.12. The maximum Gasteiger partial charge on any atom is 0.249 e. The Labute approximate surface area is 147 Å². The molecule has 2 amide bonds. The number of carbonyl (C=O) groups is 2. The number of carbonyl (C=O) groups excluding carboxylic acids is 2. The standard InChI is InChI=1S/C15H19N5O2S2/c1-9(21)18-15-19-10(8-23-15)2-3-11-4-5-12(24-11)6-7-13(22)20-14(16)17/h4-5,8H,2-3,6-7H2,1H3,(H,18,19,21)(H4,16,17,20,22). The van der Waals surface area contributed by atoms with Gasteiger partial charge in [0.2, 0.25) is 11.8 Å². The average Bonchev–Trinajstić information content (AvgIpc) is 3.11. The number of amides is 2. The van der Waals surface area contributed by atoms with Crippen LogP contribution >= 0.6 is 22.7 Å². The second-order valence-corrected chi connectivity index (χ2v) is 7.23. The maximum atomic E-state index is 11.4. The van der Waals surface area contributed by atoms with Gasteiger partial charge in [0, 0.05) is 28.5 Å². The molecule has 2 heterocycles. The highest BCUT2D eigenvalue weighted by molar-refractivity contribution is 7.14. The third kappa shape index (κ3) is 6.09. The lowest BCUT2D eigenvalue weighted by atomic mass is 10.2. The van der Waals surface area contributed by atoms with E-state index in [4.69, 9.17) is 11.5 Å². The number of rotatable bonds is 7. The van der Waals surface area contributed by atoms with E-state index >= 15 is 0 Å². The van der Waals surface area contributed by atoms with E-state index in [-0.39, 0.29) is 17.8 Å². The Balaban J connectivity index is 1.81. The molecule has 2 aromatic rings. The number of aromatic nitrogens is 1. The summed E-state index contributed by atoms with van der Waals surface area (Å²) < 4.78 is 0. The van der Waals surface area contributed by atoms with Crippen LogP contribution in [0.1, 0.15) is 28.8 Å². The molecule has 0 aliphatic carbocycles. The summed E-state index contributed by atoms with van der Waals surface area (Å²) in [6.07, 6.45) is 2.60. The maximum absolute atomic E-state index is 11.4. The zero-order valence-corrected chi connectivity index (χ0v) is 14.9. The Bertz CT molecular complexity index is 747. The normalized spacial score (nSPS) is 10.4. The summed E-state index contributed by atoms with van der Waals surface area (Å²) >= 11 is 3.10. The zero-order chi connectivity index (χ0) is 17.5. The molecule has 0 spiro atoms. The second kappa shape index (κ2) is 8.55. The first kappa shape index (κ1) is 18.1. The van der Waals surface area contributed by atoms with Gasteiger partial charge in [0.15, 0.2) is 11.1 Å². The van der Waals surface area contributed by atoms with Gasteiger partial charge in [-0.05, 0) is 31.4 Å². The largest absolute Gasteiger partial charge is 0.370 e. The quantitative estimate of drug-likeness (QED) is 0.509. The molecule has 0 radical (unpaired) electrons. The summed E-state index contributed by atoms with van der Waals surface area (Å²) in [4.78, 5) is 32.7. The van der Waals surface area contributed by atoms with Gasteiger partial charge in [-0.1, -0.05) is 0 Å². The van der Waals surface area contributed by atoms with Crippen LogP contribution in [0.3, 0.4) is 0 Å². The van der Waals surface area contributed by atoms with Crippen molar-refractivity contribution in [1.82, 2.24) is 4.98 Å². The van der Waals surface area contributed by atoms with Gasteiger partial charge in [0.05, 0.1) is 5.69 Å². The third-order valence-electron chi connectivity index (χ3n) is 3.02. The molecule has 0 atom stereocenters. The van der Waals surface area contributed by atoms with Crippen LogP contribution in [0, 0.1) is 0 Å². The van der Waals surface area contributed by atoms with E-state index < -0.39 is 0 Å². The molecule has 0 aromatic carbocycles. The highest BCUT2D eigenvalue weighted by atomic mass is 32.1. The van der Waals surface area contributed by atoms with Gasteiger partial charge in [0.25, 0.3) is 0 Å². The minimum atomic E-state index is -0.307. The molecular formula is C15H19N5O2S2. The van der Waals surface area contributed by atoms with Crippen molar-refractivity contribution in [3.8, 4) is 0 Å². The summed E-state index contributed by atoms with van der Waals surface area (Å²) in [6.45, 7) is 1.46. The number of nitrogens with zero attached hydrogens (tertiary/aromatic N) is 2. The molecular weight excluding hydrogens is 346 g/mol. The molecule has 0 aliphatic heterocycles. The fourth-order valence-electron chi connectivity index (χ4n) is 2.00. The molecule has 24 heavy (non-hydrogen) atoms. The molecule has 0 saturated heterocycles. The summed E-state index contributed by atoms with van der Waals surface area (Å²) in [7, 11) is 0. The first-order valence-electron chi connectivity index (χ1n) is 7.34. The van der Waals surface area contributed by atoms with Gasteiger partial charge in [0.1, 0.15) is 0 Å². The van der Waals surface area contributed by atoms with Crippen LogP contribution in [0.2, 0.25) is 0 Å². The number of nitrogens with one attached hydrogen (secondary N) is 1. The van der Waals surface area contributed by atoms with E-state index in [1.807, 2.05) is 11.4 Å². The number of anilines is 1. The summed E-state index contributed by atoms with van der Waals surface area (Å²) in [6, 6.07) is 4.08. The van der Waals surface area contributed by atoms with Crippen molar-refractivity contribution in [3.05, 3.63) is 33.0 Å². The summed E-state index contributed by atoms with van der Waals surface area (Å²) in [5, 5.41) is 5.26. The van der Waals surface area contributed by atoms with Crippen LogP contribution in [-0.2, 0) is 28.9 Å². The number of hydrogen-bond acceptors (Lipinski definition) is 5. The molecule has 0 saturated carbocycles. The van der Waals surface area contributed by atoms with Crippen LogP contribution in [-0.4, -0.2) is 22.8 Å². The van der Waals surface area contributed by atoms with Crippen molar-refractivity contribution in [2.45, 2.75) is 32.6 Å². The van der Waals surface area contributed by atoms with Crippen LogP contribution < -0.4 is 16.8 Å². The fourth-order valence-corrected chi connectivity index (χ4v) is 3.81. The lowest BCUT2D eigenvalue weighted by Crippen LogP contribution is -2.24. The molecule has 2 rings (SSSR count). The van der Waals surface area contributed by atoms with Crippen molar-refractivity contribution < 1.29 is 9.59 Å². The van der Waals surface area contributed by atoms with Crippen molar-refractivity contribution in [1.29, 1.82) is 0 Å². The van der Waals surface area contributed by atoms with Gasteiger partial charge < -0.3 is 16.8 Å². The Morgan fingerprint density at radius 1 is 1.21 bits per heavy atom. The van der Waals surface area contributed by atoms with E-state index in [0.29, 0.717) is 18.0 Å². The van der Waals surface area contributed by atoms with E-state index in [2.05, 4.69) is 21.4 Å². The Morgan fingerprint density at radius 2 is 1.92 bits per heavy atom. The highest BCUT2D eigenvalue weighted by Gasteiger charge is 2.07. The summed E-state index contributed by atoms with van der Waals surface area (Å²) in [5.41, 5.74) is 11.3. The van der Waals surface area contributed by atoms with Crippen molar-refractivity contribution in [3.63, 3.8) is 0 Å². The van der Waals surface area contributed by atoms with Gasteiger partial charge in [-0.3, -0.25) is 9.59 Å². The SMILES string of the molecule is CC(=O)Nc1nc(CCc2ccc(CCC(=O)N=C(N)N)s2)cs1. The Hall–Kier alpha value is -2.26. The topological polar surface area (TPSA) is 123 Å². The van der Waals surface area contributed by atoms with Gasteiger partial charge in [-0.15, -0.1) is 22.7 Å².